The summed E-state index contributed by atoms with van der Waals surface area (Å²) in [6, 6.07) is -0.0247. The number of nitrogens with zero attached hydrogens (tertiary/aromatic N) is 2. The molecule has 0 aromatic rings. The van der Waals surface area contributed by atoms with Gasteiger partial charge in [-0.15, -0.1) is 0 Å². The van der Waals surface area contributed by atoms with Crippen LogP contribution < -0.4 is 10.6 Å². The molecule has 0 bridgehead atoms. The van der Waals surface area contributed by atoms with Crippen LogP contribution in [0.25, 0.3) is 0 Å². The van der Waals surface area contributed by atoms with Crippen molar-refractivity contribution in [1.82, 2.24) is 20.4 Å². The van der Waals surface area contributed by atoms with Crippen molar-refractivity contribution >= 4 is 11.9 Å². The van der Waals surface area contributed by atoms with E-state index in [4.69, 9.17) is 0 Å². The number of piperazine rings is 1. The first kappa shape index (κ1) is 14.1. The van der Waals surface area contributed by atoms with Gasteiger partial charge in [-0.1, -0.05) is 0 Å². The summed E-state index contributed by atoms with van der Waals surface area (Å²) in [5.74, 6) is 0.230. The molecule has 2 aliphatic rings. The monoisotopic (exact) mass is 268 g/mol. The minimum Gasteiger partial charge on any atom is -0.339 e. The number of hydrogen-bond donors (Lipinski definition) is 2. The van der Waals surface area contributed by atoms with Crippen molar-refractivity contribution in [3.05, 3.63) is 0 Å². The highest BCUT2D eigenvalue weighted by atomic mass is 16.2. The van der Waals surface area contributed by atoms with E-state index in [-0.39, 0.29) is 17.4 Å². The van der Waals surface area contributed by atoms with E-state index in [0.717, 1.165) is 19.5 Å². The lowest BCUT2D eigenvalue weighted by atomic mass is 9.88. The Morgan fingerprint density at radius 3 is 2.37 bits per heavy atom. The van der Waals surface area contributed by atoms with Crippen LogP contribution in [0.2, 0.25) is 0 Å². The van der Waals surface area contributed by atoms with Gasteiger partial charge in [-0.2, -0.15) is 0 Å². The molecule has 0 saturated carbocycles. The Morgan fingerprint density at radius 2 is 1.84 bits per heavy atom. The minimum absolute atomic E-state index is 0.0247. The average molecular weight is 268 g/mol. The molecule has 19 heavy (non-hydrogen) atoms. The first-order valence-corrected chi connectivity index (χ1v) is 7.10. The smallest absolute Gasteiger partial charge is 0.317 e. The molecule has 2 N–H and O–H groups in total. The molecule has 0 aliphatic carbocycles. The zero-order valence-electron chi connectivity index (χ0n) is 11.9. The fourth-order valence-electron chi connectivity index (χ4n) is 2.76. The predicted molar refractivity (Wildman–Crippen MR) is 72.8 cm³/mol. The Kier molecular flexibility index (Phi) is 4.29. The quantitative estimate of drug-likeness (QED) is 0.732. The van der Waals surface area contributed by atoms with E-state index >= 15 is 0 Å². The zero-order chi connectivity index (χ0) is 13.9. The van der Waals surface area contributed by atoms with E-state index in [1.165, 1.54) is 0 Å². The number of urea groups is 1. The van der Waals surface area contributed by atoms with Crippen LogP contribution in [0.15, 0.2) is 0 Å². The average Bonchev–Trinajstić information content (AvgIpc) is 2.86. The van der Waals surface area contributed by atoms with Crippen LogP contribution in [-0.4, -0.2) is 67.6 Å². The van der Waals surface area contributed by atoms with Crippen molar-refractivity contribution in [3.63, 3.8) is 0 Å². The van der Waals surface area contributed by atoms with Gasteiger partial charge in [0, 0.05) is 39.3 Å². The van der Waals surface area contributed by atoms with Crippen LogP contribution in [-0.2, 0) is 4.79 Å². The molecular weight excluding hydrogens is 244 g/mol. The van der Waals surface area contributed by atoms with Gasteiger partial charge in [-0.3, -0.25) is 4.79 Å². The van der Waals surface area contributed by atoms with E-state index in [2.05, 4.69) is 10.6 Å². The molecule has 2 saturated heterocycles. The highest BCUT2D eigenvalue weighted by Crippen LogP contribution is 2.27. The fraction of sp³-hybridized carbons (Fsp3) is 0.846. The highest BCUT2D eigenvalue weighted by Gasteiger charge is 2.40. The Labute approximate surface area is 114 Å². The van der Waals surface area contributed by atoms with E-state index < -0.39 is 0 Å². The first-order valence-electron chi connectivity index (χ1n) is 7.10. The molecule has 2 aliphatic heterocycles. The van der Waals surface area contributed by atoms with Crippen molar-refractivity contribution in [2.24, 2.45) is 5.41 Å². The normalized spacial score (nSPS) is 27.5. The number of nitrogens with one attached hydrogen (secondary N) is 2. The van der Waals surface area contributed by atoms with Crippen molar-refractivity contribution in [3.8, 4) is 0 Å². The van der Waals surface area contributed by atoms with Gasteiger partial charge >= 0.3 is 6.03 Å². The minimum atomic E-state index is -0.256. The summed E-state index contributed by atoms with van der Waals surface area (Å²) >= 11 is 0. The molecule has 2 fully saturated rings. The van der Waals surface area contributed by atoms with E-state index in [1.807, 2.05) is 18.7 Å². The van der Waals surface area contributed by atoms with E-state index in [1.54, 1.807) is 4.90 Å². The molecule has 3 amide bonds. The fourth-order valence-corrected chi connectivity index (χ4v) is 2.76. The third-order valence-corrected chi connectivity index (χ3v) is 4.07. The van der Waals surface area contributed by atoms with Crippen molar-refractivity contribution in [2.45, 2.75) is 20.3 Å². The molecular formula is C13H24N4O2. The molecule has 2 rings (SSSR count). The number of rotatable bonds is 2. The van der Waals surface area contributed by atoms with Crippen molar-refractivity contribution < 1.29 is 9.59 Å². The lowest BCUT2D eigenvalue weighted by Gasteiger charge is -2.38. The third kappa shape index (κ3) is 3.00. The lowest BCUT2D eigenvalue weighted by Crippen LogP contribution is -2.55. The lowest BCUT2D eigenvalue weighted by molar-refractivity contribution is -0.141. The van der Waals surface area contributed by atoms with Gasteiger partial charge in [0.15, 0.2) is 0 Å². The molecule has 0 radical (unpaired) electrons. The Bertz CT molecular complexity index is 345. The second-order valence-electron chi connectivity index (χ2n) is 5.60. The number of amides is 3. The Balaban J connectivity index is 1.86. The third-order valence-electron chi connectivity index (χ3n) is 4.07. The summed E-state index contributed by atoms with van der Waals surface area (Å²) in [6.07, 6.45) is 0.905. The van der Waals surface area contributed by atoms with Gasteiger partial charge in [0.25, 0.3) is 0 Å². The van der Waals surface area contributed by atoms with Crippen LogP contribution in [0.3, 0.4) is 0 Å². The van der Waals surface area contributed by atoms with Gasteiger partial charge < -0.3 is 20.4 Å². The summed E-state index contributed by atoms with van der Waals surface area (Å²) in [5, 5.41) is 6.05. The van der Waals surface area contributed by atoms with Crippen molar-refractivity contribution in [2.75, 3.05) is 45.8 Å². The molecule has 2 heterocycles. The van der Waals surface area contributed by atoms with Crippen LogP contribution >= 0.6 is 0 Å². The Hall–Kier alpha value is -1.30. The van der Waals surface area contributed by atoms with Gasteiger partial charge in [0.05, 0.1) is 5.41 Å². The van der Waals surface area contributed by atoms with E-state index in [9.17, 15) is 9.59 Å². The highest BCUT2D eigenvalue weighted by molar-refractivity contribution is 5.83. The SMILES string of the molecule is CCNC(=O)N1CCN(C(=O)C2(C)CCNC2)CC1. The molecule has 6 heteroatoms. The Morgan fingerprint density at radius 1 is 1.21 bits per heavy atom. The number of carbonyl (C=O) groups is 2. The molecule has 0 aromatic carbocycles. The maximum atomic E-state index is 12.5. The van der Waals surface area contributed by atoms with Gasteiger partial charge in [-0.05, 0) is 26.8 Å². The second-order valence-corrected chi connectivity index (χ2v) is 5.60. The van der Waals surface area contributed by atoms with Crippen LogP contribution in [0.4, 0.5) is 4.79 Å². The van der Waals surface area contributed by atoms with Crippen LogP contribution in [0.1, 0.15) is 20.3 Å². The summed E-state index contributed by atoms with van der Waals surface area (Å²) in [5.41, 5.74) is -0.256. The van der Waals surface area contributed by atoms with Crippen LogP contribution in [0, 0.1) is 5.41 Å². The first-order chi connectivity index (χ1) is 9.07. The maximum Gasteiger partial charge on any atom is 0.317 e. The molecule has 1 atom stereocenters. The maximum absolute atomic E-state index is 12.5. The van der Waals surface area contributed by atoms with Gasteiger partial charge in [-0.25, -0.2) is 4.79 Å². The molecule has 0 aromatic heterocycles. The molecule has 1 unspecified atom stereocenters. The predicted octanol–water partition coefficient (Wildman–Crippen LogP) is -0.140. The second kappa shape index (κ2) is 5.77. The van der Waals surface area contributed by atoms with E-state index in [0.29, 0.717) is 32.7 Å². The van der Waals surface area contributed by atoms with Gasteiger partial charge in [0.2, 0.25) is 5.91 Å². The molecule has 108 valence electrons. The van der Waals surface area contributed by atoms with Crippen LogP contribution in [0.5, 0.6) is 0 Å². The number of hydrogen-bond acceptors (Lipinski definition) is 3. The largest absolute Gasteiger partial charge is 0.339 e. The molecule has 0 spiro atoms. The molecule has 6 nitrogen and oxygen atoms in total. The summed E-state index contributed by atoms with van der Waals surface area (Å²) < 4.78 is 0. The summed E-state index contributed by atoms with van der Waals surface area (Å²) in [4.78, 5) is 27.9. The van der Waals surface area contributed by atoms with Gasteiger partial charge in [0.1, 0.15) is 0 Å². The number of carbonyl (C=O) groups excluding carboxylic acids is 2. The topological polar surface area (TPSA) is 64.7 Å². The zero-order valence-corrected chi connectivity index (χ0v) is 11.9. The summed E-state index contributed by atoms with van der Waals surface area (Å²) in [7, 11) is 0. The van der Waals surface area contributed by atoms with Crippen molar-refractivity contribution in [1.29, 1.82) is 0 Å². The summed E-state index contributed by atoms with van der Waals surface area (Å²) in [6.45, 7) is 8.81. The standard InChI is InChI=1S/C13H24N4O2/c1-3-15-12(19)17-8-6-16(7-9-17)11(18)13(2)4-5-14-10-13/h14H,3-10H2,1-2H3,(H,15,19).